The first-order chi connectivity index (χ1) is 10.2. The number of anilines is 1. The van der Waals surface area contributed by atoms with Crippen molar-refractivity contribution >= 4 is 11.7 Å². The zero-order chi connectivity index (χ0) is 14.8. The molecule has 1 aliphatic carbocycles. The number of methoxy groups -OCH3 is 1. The maximum Gasteiger partial charge on any atom is 0.337 e. The van der Waals surface area contributed by atoms with E-state index in [0.29, 0.717) is 5.56 Å². The minimum atomic E-state index is -0.308. The highest BCUT2D eigenvalue weighted by molar-refractivity contribution is 5.90. The summed E-state index contributed by atoms with van der Waals surface area (Å²) in [4.78, 5) is 16.0. The number of esters is 1. The predicted molar refractivity (Wildman–Crippen MR) is 81.4 cm³/mol. The van der Waals surface area contributed by atoms with E-state index in [1.165, 1.54) is 12.7 Å². The molecule has 1 unspecified atom stereocenters. The molecule has 0 saturated carbocycles. The molecule has 0 saturated heterocycles. The molecule has 0 spiro atoms. The monoisotopic (exact) mass is 282 g/mol. The van der Waals surface area contributed by atoms with Crippen LogP contribution in [0.4, 0.5) is 5.69 Å². The van der Waals surface area contributed by atoms with E-state index in [1.807, 2.05) is 31.3 Å². The Hall–Kier alpha value is -2.36. The van der Waals surface area contributed by atoms with Gasteiger partial charge in [0.15, 0.2) is 0 Å². The van der Waals surface area contributed by atoms with E-state index in [0.717, 1.165) is 29.8 Å². The van der Waals surface area contributed by atoms with Crippen LogP contribution in [0, 0.1) is 6.92 Å². The molecule has 1 aliphatic rings. The van der Waals surface area contributed by atoms with Crippen molar-refractivity contribution in [2.24, 2.45) is 0 Å². The summed E-state index contributed by atoms with van der Waals surface area (Å²) in [7, 11) is 1.39. The number of pyridine rings is 1. The normalized spacial score (nSPS) is 16.4. The van der Waals surface area contributed by atoms with E-state index >= 15 is 0 Å². The van der Waals surface area contributed by atoms with Gasteiger partial charge in [-0.2, -0.15) is 0 Å². The number of carbonyl (C=O) groups excluding carboxylic acids is 1. The van der Waals surface area contributed by atoms with Crippen molar-refractivity contribution in [1.29, 1.82) is 0 Å². The van der Waals surface area contributed by atoms with Crippen molar-refractivity contribution in [3.05, 3.63) is 58.9 Å². The van der Waals surface area contributed by atoms with Crippen LogP contribution in [-0.2, 0) is 11.2 Å². The molecular formula is C17H18N2O2. The smallest absolute Gasteiger partial charge is 0.337 e. The van der Waals surface area contributed by atoms with Crippen LogP contribution >= 0.6 is 0 Å². The molecule has 0 radical (unpaired) electrons. The largest absolute Gasteiger partial charge is 0.465 e. The zero-order valence-corrected chi connectivity index (χ0v) is 12.2. The van der Waals surface area contributed by atoms with Gasteiger partial charge in [-0.3, -0.25) is 4.98 Å². The molecule has 1 aromatic heterocycles. The Kier molecular flexibility index (Phi) is 3.60. The Morgan fingerprint density at radius 1 is 1.38 bits per heavy atom. The summed E-state index contributed by atoms with van der Waals surface area (Å²) < 4.78 is 4.74. The molecule has 108 valence electrons. The van der Waals surface area contributed by atoms with Gasteiger partial charge < -0.3 is 10.1 Å². The van der Waals surface area contributed by atoms with Crippen LogP contribution in [0.5, 0.6) is 0 Å². The second kappa shape index (κ2) is 5.56. The molecular weight excluding hydrogens is 264 g/mol. The van der Waals surface area contributed by atoms with Gasteiger partial charge >= 0.3 is 5.97 Å². The number of aryl methyl sites for hydroxylation is 2. The minimum Gasteiger partial charge on any atom is -0.465 e. The molecule has 21 heavy (non-hydrogen) atoms. The van der Waals surface area contributed by atoms with Crippen molar-refractivity contribution in [2.45, 2.75) is 25.8 Å². The van der Waals surface area contributed by atoms with Crippen LogP contribution in [0.1, 0.15) is 39.6 Å². The summed E-state index contributed by atoms with van der Waals surface area (Å²) in [5, 5.41) is 3.53. The quantitative estimate of drug-likeness (QED) is 0.878. The van der Waals surface area contributed by atoms with E-state index in [4.69, 9.17) is 4.74 Å². The molecule has 3 rings (SSSR count). The van der Waals surface area contributed by atoms with Gasteiger partial charge in [0.1, 0.15) is 0 Å². The van der Waals surface area contributed by atoms with Gasteiger partial charge in [0.25, 0.3) is 0 Å². The van der Waals surface area contributed by atoms with Gasteiger partial charge in [-0.1, -0.05) is 6.07 Å². The zero-order valence-electron chi connectivity index (χ0n) is 12.2. The molecule has 2 aromatic rings. The lowest BCUT2D eigenvalue weighted by Gasteiger charge is -2.17. The maximum atomic E-state index is 11.5. The first-order valence-electron chi connectivity index (χ1n) is 7.08. The van der Waals surface area contributed by atoms with Gasteiger partial charge in [-0.15, -0.1) is 0 Å². The highest BCUT2D eigenvalue weighted by Gasteiger charge is 2.23. The third kappa shape index (κ3) is 2.61. The number of rotatable bonds is 3. The Labute approximate surface area is 124 Å². The first kappa shape index (κ1) is 13.6. The average Bonchev–Trinajstić information content (AvgIpc) is 2.92. The summed E-state index contributed by atoms with van der Waals surface area (Å²) in [5.41, 5.74) is 5.09. The lowest BCUT2D eigenvalue weighted by molar-refractivity contribution is 0.0600. The number of hydrogen-bond acceptors (Lipinski definition) is 4. The number of aromatic nitrogens is 1. The third-order valence-corrected chi connectivity index (χ3v) is 3.94. The van der Waals surface area contributed by atoms with Gasteiger partial charge in [0.05, 0.1) is 24.4 Å². The van der Waals surface area contributed by atoms with Crippen LogP contribution < -0.4 is 5.32 Å². The van der Waals surface area contributed by atoms with E-state index in [2.05, 4.69) is 16.4 Å². The second-order valence-electron chi connectivity index (χ2n) is 5.30. The van der Waals surface area contributed by atoms with Crippen LogP contribution in [0.25, 0.3) is 0 Å². The Bertz CT molecular complexity index is 682. The summed E-state index contributed by atoms with van der Waals surface area (Å²) >= 11 is 0. The van der Waals surface area contributed by atoms with Gasteiger partial charge in [0.2, 0.25) is 0 Å². The molecule has 1 atom stereocenters. The molecule has 1 aromatic carbocycles. The van der Waals surface area contributed by atoms with Gasteiger partial charge in [-0.05, 0) is 55.2 Å². The second-order valence-corrected chi connectivity index (χ2v) is 5.30. The number of ether oxygens (including phenoxy) is 1. The lowest BCUT2D eigenvalue weighted by atomic mass is 10.1. The van der Waals surface area contributed by atoms with Crippen molar-refractivity contribution in [3.8, 4) is 0 Å². The predicted octanol–water partition coefficient (Wildman–Crippen LogP) is 3.28. The number of nitrogens with zero attached hydrogens (tertiary/aromatic N) is 1. The highest BCUT2D eigenvalue weighted by Crippen LogP contribution is 2.33. The standard InChI is InChI=1S/C17H18N2O2/c1-11-10-13(17(20)21-2)6-7-14(11)19-15-8-5-12-4-3-9-18-16(12)15/h3-4,6-7,9-10,15,19H,5,8H2,1-2H3. The van der Waals surface area contributed by atoms with E-state index < -0.39 is 0 Å². The molecule has 0 fully saturated rings. The molecule has 4 heteroatoms. The SMILES string of the molecule is COC(=O)c1ccc(NC2CCc3cccnc32)c(C)c1. The molecule has 0 aliphatic heterocycles. The van der Waals surface area contributed by atoms with Gasteiger partial charge in [0, 0.05) is 11.9 Å². The molecule has 1 heterocycles. The number of carbonyl (C=O) groups is 1. The Morgan fingerprint density at radius 3 is 3.00 bits per heavy atom. The maximum absolute atomic E-state index is 11.5. The fraction of sp³-hybridized carbons (Fsp3) is 0.294. The fourth-order valence-electron chi connectivity index (χ4n) is 2.81. The van der Waals surface area contributed by atoms with E-state index in [1.54, 1.807) is 6.07 Å². The lowest BCUT2D eigenvalue weighted by Crippen LogP contribution is -2.10. The molecule has 0 amide bonds. The number of nitrogens with one attached hydrogen (secondary N) is 1. The molecule has 0 bridgehead atoms. The van der Waals surface area contributed by atoms with Crippen LogP contribution in [0.3, 0.4) is 0 Å². The van der Waals surface area contributed by atoms with Crippen LogP contribution in [-0.4, -0.2) is 18.1 Å². The van der Waals surface area contributed by atoms with Crippen LogP contribution in [0.15, 0.2) is 36.5 Å². The number of benzene rings is 1. The molecule has 4 nitrogen and oxygen atoms in total. The average molecular weight is 282 g/mol. The summed E-state index contributed by atoms with van der Waals surface area (Å²) in [5.74, 6) is -0.308. The highest BCUT2D eigenvalue weighted by atomic mass is 16.5. The number of hydrogen-bond donors (Lipinski definition) is 1. The number of fused-ring (bicyclic) bond motifs is 1. The minimum absolute atomic E-state index is 0.240. The summed E-state index contributed by atoms with van der Waals surface area (Å²) in [6, 6.07) is 9.93. The molecule has 1 N–H and O–H groups in total. The first-order valence-corrected chi connectivity index (χ1v) is 7.08. The van der Waals surface area contributed by atoms with Crippen molar-refractivity contribution < 1.29 is 9.53 Å². The third-order valence-electron chi connectivity index (χ3n) is 3.94. The summed E-state index contributed by atoms with van der Waals surface area (Å²) in [6.45, 7) is 1.99. The van der Waals surface area contributed by atoms with Crippen molar-refractivity contribution in [3.63, 3.8) is 0 Å². The van der Waals surface area contributed by atoms with Crippen LogP contribution in [0.2, 0.25) is 0 Å². The Morgan fingerprint density at radius 2 is 2.24 bits per heavy atom. The fourth-order valence-corrected chi connectivity index (χ4v) is 2.81. The topological polar surface area (TPSA) is 51.2 Å². The van der Waals surface area contributed by atoms with Crippen molar-refractivity contribution in [1.82, 2.24) is 4.98 Å². The van der Waals surface area contributed by atoms with Gasteiger partial charge in [-0.25, -0.2) is 4.79 Å². The van der Waals surface area contributed by atoms with E-state index in [-0.39, 0.29) is 12.0 Å². The Balaban J connectivity index is 1.82. The van der Waals surface area contributed by atoms with Crippen molar-refractivity contribution in [2.75, 3.05) is 12.4 Å². The summed E-state index contributed by atoms with van der Waals surface area (Å²) in [6.07, 6.45) is 3.94. The van der Waals surface area contributed by atoms with E-state index in [9.17, 15) is 4.79 Å².